The number of carbonyl (C=O) groups is 2. The molecule has 0 radical (unpaired) electrons. The van der Waals surface area contributed by atoms with Gasteiger partial charge in [-0.15, -0.1) is 11.3 Å². The summed E-state index contributed by atoms with van der Waals surface area (Å²) in [5.74, 6) is 1.73. The predicted molar refractivity (Wildman–Crippen MR) is 148 cm³/mol. The molecule has 0 N–H and O–H groups in total. The second kappa shape index (κ2) is 12.3. The van der Waals surface area contributed by atoms with Crippen LogP contribution in [0.1, 0.15) is 65.5 Å². The van der Waals surface area contributed by atoms with Gasteiger partial charge in [0.05, 0.1) is 13.2 Å². The third kappa shape index (κ3) is 6.34. The average Bonchev–Trinajstić information content (AvgIpc) is 3.40. The summed E-state index contributed by atoms with van der Waals surface area (Å²) in [5.41, 5.74) is 2.96. The van der Waals surface area contributed by atoms with Crippen molar-refractivity contribution >= 4 is 23.2 Å². The minimum atomic E-state index is -0.188. The molecule has 2 amide bonds. The molecule has 1 aliphatic heterocycles. The summed E-state index contributed by atoms with van der Waals surface area (Å²) in [6, 6.07) is 17.1. The molecular formula is C30H36N2O4S. The first kappa shape index (κ1) is 26.7. The summed E-state index contributed by atoms with van der Waals surface area (Å²) in [5, 5.41) is 2.08. The summed E-state index contributed by atoms with van der Waals surface area (Å²) in [6.45, 7) is 7.88. The molecule has 0 spiro atoms. The molecule has 4 rings (SSSR count). The van der Waals surface area contributed by atoms with E-state index in [-0.39, 0.29) is 24.4 Å². The molecule has 1 aliphatic rings. The van der Waals surface area contributed by atoms with Gasteiger partial charge in [-0.25, -0.2) is 0 Å². The first-order valence-electron chi connectivity index (χ1n) is 12.9. The second-order valence-electron chi connectivity index (χ2n) is 9.64. The zero-order chi connectivity index (χ0) is 26.4. The van der Waals surface area contributed by atoms with Gasteiger partial charge in [0.15, 0.2) is 0 Å². The Morgan fingerprint density at radius 3 is 2.41 bits per heavy atom. The molecule has 1 aromatic heterocycles. The lowest BCUT2D eigenvalue weighted by atomic mass is 10.00. The summed E-state index contributed by atoms with van der Waals surface area (Å²) >= 11 is 1.73. The maximum atomic E-state index is 13.7. The standard InChI is InChI=1S/C30H36N2O4S/c1-5-16-31(30(34)23-8-10-24(35-4)11-9-23)19-29(33)32-17-14-28-26(15-18-37-28)27(32)20-36-25-12-6-22(7-13-25)21(2)3/h6-13,15,18,21,27H,5,14,16-17,19-20H2,1-4H3/t27-/m0/s1. The van der Waals surface area contributed by atoms with Crippen molar-refractivity contribution in [2.24, 2.45) is 0 Å². The molecule has 0 aliphatic carbocycles. The lowest BCUT2D eigenvalue weighted by Crippen LogP contribution is -2.48. The van der Waals surface area contributed by atoms with Crippen molar-refractivity contribution in [2.75, 3.05) is 33.4 Å². The van der Waals surface area contributed by atoms with E-state index in [1.165, 1.54) is 10.4 Å². The van der Waals surface area contributed by atoms with Crippen molar-refractivity contribution in [1.82, 2.24) is 9.80 Å². The van der Waals surface area contributed by atoms with Crippen molar-refractivity contribution in [3.05, 3.63) is 81.5 Å². The van der Waals surface area contributed by atoms with Crippen molar-refractivity contribution in [3.63, 3.8) is 0 Å². The van der Waals surface area contributed by atoms with E-state index in [2.05, 4.69) is 37.4 Å². The van der Waals surface area contributed by atoms with E-state index >= 15 is 0 Å². The molecule has 2 aromatic carbocycles. The fourth-order valence-corrected chi connectivity index (χ4v) is 5.62. The van der Waals surface area contributed by atoms with Gasteiger partial charge < -0.3 is 19.3 Å². The summed E-state index contributed by atoms with van der Waals surface area (Å²) in [4.78, 5) is 31.8. The summed E-state index contributed by atoms with van der Waals surface area (Å²) in [6.07, 6.45) is 1.58. The highest BCUT2D eigenvalue weighted by atomic mass is 32.1. The smallest absolute Gasteiger partial charge is 0.254 e. The van der Waals surface area contributed by atoms with Gasteiger partial charge in [-0.2, -0.15) is 0 Å². The monoisotopic (exact) mass is 520 g/mol. The number of hydrogen-bond donors (Lipinski definition) is 0. The Balaban J connectivity index is 1.49. The first-order valence-corrected chi connectivity index (χ1v) is 13.8. The number of thiophene rings is 1. The lowest BCUT2D eigenvalue weighted by molar-refractivity contribution is -0.135. The highest BCUT2D eigenvalue weighted by Gasteiger charge is 2.33. The molecule has 0 saturated carbocycles. The van der Waals surface area contributed by atoms with Crippen LogP contribution in [-0.2, 0) is 11.2 Å². The van der Waals surface area contributed by atoms with Gasteiger partial charge in [0.2, 0.25) is 5.91 Å². The Hall–Kier alpha value is -3.32. The van der Waals surface area contributed by atoms with E-state index in [9.17, 15) is 9.59 Å². The van der Waals surface area contributed by atoms with Gasteiger partial charge in [-0.05, 0) is 77.7 Å². The van der Waals surface area contributed by atoms with Gasteiger partial charge in [0, 0.05) is 23.5 Å². The highest BCUT2D eigenvalue weighted by Crippen LogP contribution is 2.34. The predicted octanol–water partition coefficient (Wildman–Crippen LogP) is 5.94. The lowest BCUT2D eigenvalue weighted by Gasteiger charge is -2.37. The Morgan fingerprint density at radius 1 is 1.05 bits per heavy atom. The van der Waals surface area contributed by atoms with Gasteiger partial charge in [0.1, 0.15) is 24.7 Å². The number of carbonyl (C=O) groups excluding carboxylic acids is 2. The number of fused-ring (bicyclic) bond motifs is 1. The van der Waals surface area contributed by atoms with Gasteiger partial charge in [-0.1, -0.05) is 32.9 Å². The van der Waals surface area contributed by atoms with Crippen molar-refractivity contribution in [1.29, 1.82) is 0 Å². The molecule has 6 nitrogen and oxygen atoms in total. The molecule has 0 fully saturated rings. The molecule has 0 bridgehead atoms. The molecule has 1 atom stereocenters. The van der Waals surface area contributed by atoms with Crippen molar-refractivity contribution in [2.45, 2.75) is 45.6 Å². The average molecular weight is 521 g/mol. The molecule has 196 valence electrons. The Labute approximate surface area is 223 Å². The molecular weight excluding hydrogens is 484 g/mol. The topological polar surface area (TPSA) is 59.1 Å². The van der Waals surface area contributed by atoms with Gasteiger partial charge in [-0.3, -0.25) is 9.59 Å². The largest absolute Gasteiger partial charge is 0.497 e. The van der Waals surface area contributed by atoms with E-state index in [1.807, 2.05) is 24.0 Å². The van der Waals surface area contributed by atoms with E-state index in [1.54, 1.807) is 47.6 Å². The first-order chi connectivity index (χ1) is 17.9. The van der Waals surface area contributed by atoms with Crippen LogP contribution in [0, 0.1) is 0 Å². The van der Waals surface area contributed by atoms with Crippen LogP contribution in [0.2, 0.25) is 0 Å². The molecule has 2 heterocycles. The zero-order valence-corrected chi connectivity index (χ0v) is 22.9. The van der Waals surface area contributed by atoms with E-state index in [4.69, 9.17) is 9.47 Å². The fraction of sp³-hybridized carbons (Fsp3) is 0.400. The van der Waals surface area contributed by atoms with Gasteiger partial charge >= 0.3 is 0 Å². The van der Waals surface area contributed by atoms with Crippen LogP contribution >= 0.6 is 11.3 Å². The van der Waals surface area contributed by atoms with E-state index in [0.29, 0.717) is 36.9 Å². The Morgan fingerprint density at radius 2 is 1.76 bits per heavy atom. The molecule has 7 heteroatoms. The number of amides is 2. The molecule has 37 heavy (non-hydrogen) atoms. The molecule has 3 aromatic rings. The minimum absolute atomic E-state index is 0.0394. The van der Waals surface area contributed by atoms with Crippen LogP contribution in [0.5, 0.6) is 11.5 Å². The number of ether oxygens (including phenoxy) is 2. The van der Waals surface area contributed by atoms with Crippen LogP contribution in [0.15, 0.2) is 60.0 Å². The van der Waals surface area contributed by atoms with E-state index in [0.717, 1.165) is 24.2 Å². The maximum absolute atomic E-state index is 13.7. The van der Waals surface area contributed by atoms with Crippen LogP contribution in [-0.4, -0.2) is 55.0 Å². The van der Waals surface area contributed by atoms with Gasteiger partial charge in [0.25, 0.3) is 5.91 Å². The van der Waals surface area contributed by atoms with Crippen LogP contribution in [0.25, 0.3) is 0 Å². The number of benzene rings is 2. The van der Waals surface area contributed by atoms with E-state index < -0.39 is 0 Å². The van der Waals surface area contributed by atoms with Crippen LogP contribution < -0.4 is 9.47 Å². The second-order valence-corrected chi connectivity index (χ2v) is 10.6. The number of methoxy groups -OCH3 is 1. The molecule has 0 saturated heterocycles. The number of rotatable bonds is 10. The summed E-state index contributed by atoms with van der Waals surface area (Å²) in [7, 11) is 1.59. The van der Waals surface area contributed by atoms with Crippen LogP contribution in [0.3, 0.4) is 0 Å². The van der Waals surface area contributed by atoms with Crippen molar-refractivity contribution in [3.8, 4) is 11.5 Å². The highest BCUT2D eigenvalue weighted by molar-refractivity contribution is 7.10. The summed E-state index contributed by atoms with van der Waals surface area (Å²) < 4.78 is 11.4. The third-order valence-electron chi connectivity index (χ3n) is 6.81. The number of hydrogen-bond acceptors (Lipinski definition) is 5. The number of nitrogens with zero attached hydrogens (tertiary/aromatic N) is 2. The maximum Gasteiger partial charge on any atom is 0.254 e. The third-order valence-corrected chi connectivity index (χ3v) is 7.81. The SMILES string of the molecule is CCCN(CC(=O)N1CCc2sccc2[C@@H]1COc1ccc(C(C)C)cc1)C(=O)c1ccc(OC)cc1. The minimum Gasteiger partial charge on any atom is -0.497 e. The normalized spacial score (nSPS) is 14.8. The Bertz CT molecular complexity index is 1190. The van der Waals surface area contributed by atoms with Crippen molar-refractivity contribution < 1.29 is 19.1 Å². The zero-order valence-electron chi connectivity index (χ0n) is 22.1. The fourth-order valence-electron chi connectivity index (χ4n) is 4.69. The Kier molecular flexibility index (Phi) is 8.87. The molecule has 0 unspecified atom stereocenters. The van der Waals surface area contributed by atoms with Crippen LogP contribution in [0.4, 0.5) is 0 Å². The quantitative estimate of drug-likeness (QED) is 0.332.